The van der Waals surface area contributed by atoms with Crippen LogP contribution in [0, 0.1) is 5.92 Å². The fraction of sp³-hybridized carbons (Fsp3) is 0.600. The van der Waals surface area contributed by atoms with E-state index in [1.54, 1.807) is 18.2 Å². The van der Waals surface area contributed by atoms with Gasteiger partial charge in [-0.1, -0.05) is 25.4 Å². The molecule has 142 valence electrons. The molecule has 2 heterocycles. The van der Waals surface area contributed by atoms with E-state index < -0.39 is 0 Å². The molecule has 0 radical (unpaired) electrons. The minimum atomic E-state index is -0.0822. The number of nitrogens with zero attached hydrogens (tertiary/aromatic N) is 1. The molecular weight excluding hydrogens is 350 g/mol. The predicted octanol–water partition coefficient (Wildman–Crippen LogP) is 3.68. The maximum Gasteiger partial charge on any atom is 0.255 e. The van der Waals surface area contributed by atoms with E-state index in [2.05, 4.69) is 10.6 Å². The average Bonchev–Trinajstić information content (AvgIpc) is 2.92. The van der Waals surface area contributed by atoms with Crippen molar-refractivity contribution in [2.45, 2.75) is 64.1 Å². The molecule has 0 saturated carbocycles. The van der Waals surface area contributed by atoms with Gasteiger partial charge < -0.3 is 15.5 Å². The van der Waals surface area contributed by atoms with E-state index in [0.717, 1.165) is 12.8 Å². The lowest BCUT2D eigenvalue weighted by molar-refractivity contribution is -0.116. The molecule has 26 heavy (non-hydrogen) atoms. The van der Waals surface area contributed by atoms with Gasteiger partial charge in [-0.15, -0.1) is 0 Å². The molecule has 2 bridgehead atoms. The molecule has 2 N–H and O–H groups in total. The number of benzene rings is 1. The van der Waals surface area contributed by atoms with E-state index in [-0.39, 0.29) is 23.8 Å². The van der Waals surface area contributed by atoms with Gasteiger partial charge in [-0.25, -0.2) is 0 Å². The molecule has 1 aromatic carbocycles. The monoisotopic (exact) mass is 377 g/mol. The number of anilines is 1. The molecule has 1 aromatic rings. The second-order valence-corrected chi connectivity index (χ2v) is 8.43. The summed E-state index contributed by atoms with van der Waals surface area (Å²) in [5.41, 5.74) is 1.06. The summed E-state index contributed by atoms with van der Waals surface area (Å²) < 4.78 is 0. The molecule has 6 heteroatoms. The second-order valence-electron chi connectivity index (χ2n) is 8.02. The van der Waals surface area contributed by atoms with Crippen molar-refractivity contribution in [1.82, 2.24) is 10.2 Å². The van der Waals surface area contributed by atoms with Crippen LogP contribution in [0.25, 0.3) is 0 Å². The Morgan fingerprint density at radius 3 is 2.54 bits per heavy atom. The predicted molar refractivity (Wildman–Crippen MR) is 105 cm³/mol. The Morgan fingerprint density at radius 1 is 1.27 bits per heavy atom. The summed E-state index contributed by atoms with van der Waals surface area (Å²) in [4.78, 5) is 26.9. The van der Waals surface area contributed by atoms with Crippen LogP contribution >= 0.6 is 11.6 Å². The number of carbonyl (C=O) groups excluding carboxylic acids is 2. The molecule has 5 nitrogen and oxygen atoms in total. The number of nitrogens with one attached hydrogen (secondary N) is 2. The number of piperidine rings is 1. The number of hydrogen-bond acceptors (Lipinski definition) is 3. The van der Waals surface area contributed by atoms with Crippen LogP contribution in [0.5, 0.6) is 0 Å². The van der Waals surface area contributed by atoms with Gasteiger partial charge in [0.15, 0.2) is 0 Å². The molecule has 2 saturated heterocycles. The summed E-state index contributed by atoms with van der Waals surface area (Å²) in [7, 11) is 1.86. The third kappa shape index (κ3) is 4.38. The van der Waals surface area contributed by atoms with E-state index in [4.69, 9.17) is 11.6 Å². The number of amides is 2. The summed E-state index contributed by atoms with van der Waals surface area (Å²) in [6.45, 7) is 4.00. The van der Waals surface area contributed by atoms with Crippen molar-refractivity contribution in [3.63, 3.8) is 0 Å². The molecule has 2 atom stereocenters. The zero-order valence-electron chi connectivity index (χ0n) is 15.7. The fourth-order valence-corrected chi connectivity index (χ4v) is 4.25. The molecule has 0 spiro atoms. The Morgan fingerprint density at radius 2 is 1.92 bits per heavy atom. The number of carbonyl (C=O) groups is 2. The highest BCUT2D eigenvalue weighted by molar-refractivity contribution is 6.34. The van der Waals surface area contributed by atoms with Gasteiger partial charge in [-0.2, -0.15) is 0 Å². The van der Waals surface area contributed by atoms with Gasteiger partial charge >= 0.3 is 0 Å². The summed E-state index contributed by atoms with van der Waals surface area (Å²) in [6, 6.07) is 6.38. The van der Waals surface area contributed by atoms with Crippen molar-refractivity contribution >= 4 is 29.1 Å². The minimum absolute atomic E-state index is 0.0518. The maximum atomic E-state index is 13.0. The van der Waals surface area contributed by atoms with Gasteiger partial charge in [-0.3, -0.25) is 9.59 Å². The minimum Gasteiger partial charge on any atom is -0.339 e. The van der Waals surface area contributed by atoms with Gasteiger partial charge in [0, 0.05) is 37.3 Å². The van der Waals surface area contributed by atoms with Crippen LogP contribution in [-0.2, 0) is 4.79 Å². The lowest BCUT2D eigenvalue weighted by Crippen LogP contribution is -2.48. The summed E-state index contributed by atoms with van der Waals surface area (Å²) in [6.07, 6.45) is 4.81. The summed E-state index contributed by atoms with van der Waals surface area (Å²) in [5, 5.41) is 6.88. The van der Waals surface area contributed by atoms with Crippen molar-refractivity contribution in [3.8, 4) is 0 Å². The quantitative estimate of drug-likeness (QED) is 0.822. The highest BCUT2D eigenvalue weighted by atomic mass is 35.5. The van der Waals surface area contributed by atoms with Crippen molar-refractivity contribution in [2.75, 3.05) is 12.4 Å². The molecule has 2 aliphatic heterocycles. The van der Waals surface area contributed by atoms with E-state index >= 15 is 0 Å². The van der Waals surface area contributed by atoms with Gasteiger partial charge in [0.1, 0.15) is 0 Å². The lowest BCUT2D eigenvalue weighted by Gasteiger charge is -2.35. The fourth-order valence-electron chi connectivity index (χ4n) is 4.05. The van der Waals surface area contributed by atoms with Crippen molar-refractivity contribution in [1.29, 1.82) is 0 Å². The van der Waals surface area contributed by atoms with Gasteiger partial charge in [-0.05, 0) is 49.8 Å². The zero-order valence-corrected chi connectivity index (χ0v) is 16.5. The number of halogens is 1. The first-order chi connectivity index (χ1) is 12.3. The Kier molecular flexibility index (Phi) is 5.88. The summed E-state index contributed by atoms with van der Waals surface area (Å²) >= 11 is 6.29. The normalized spacial score (nSPS) is 24.6. The van der Waals surface area contributed by atoms with Crippen LogP contribution in [0.1, 0.15) is 56.3 Å². The smallest absolute Gasteiger partial charge is 0.255 e. The van der Waals surface area contributed by atoms with E-state index in [9.17, 15) is 9.59 Å². The van der Waals surface area contributed by atoms with Crippen LogP contribution in [0.3, 0.4) is 0 Å². The average molecular weight is 378 g/mol. The highest BCUT2D eigenvalue weighted by Crippen LogP contribution is 2.31. The molecule has 2 aliphatic rings. The van der Waals surface area contributed by atoms with E-state index in [1.807, 2.05) is 25.8 Å². The van der Waals surface area contributed by atoms with E-state index in [0.29, 0.717) is 34.8 Å². The highest BCUT2D eigenvalue weighted by Gasteiger charge is 2.36. The van der Waals surface area contributed by atoms with Gasteiger partial charge in [0.2, 0.25) is 5.91 Å². The topological polar surface area (TPSA) is 61.4 Å². The Bertz CT molecular complexity index is 680. The molecule has 2 unspecified atom stereocenters. The lowest BCUT2D eigenvalue weighted by atomic mass is 9.98. The molecule has 2 amide bonds. The summed E-state index contributed by atoms with van der Waals surface area (Å²) in [5.74, 6) is 0.148. The first kappa shape index (κ1) is 19.2. The first-order valence-corrected chi connectivity index (χ1v) is 9.84. The number of fused-ring (bicyclic) bond motifs is 2. The van der Waals surface area contributed by atoms with Crippen LogP contribution in [-0.4, -0.2) is 41.9 Å². The Labute approximate surface area is 160 Å². The van der Waals surface area contributed by atoms with Crippen molar-refractivity contribution < 1.29 is 9.59 Å². The SMILES string of the molecule is CC(C)CC(=O)Nc1ccc(Cl)c(C(=O)N(C)C2CC3CCC(C2)N3)c1. The second kappa shape index (κ2) is 7.97. The standard InChI is InChI=1S/C20H28ClN3O2/c1-12(2)8-19(25)23-15-6-7-18(21)17(11-15)20(26)24(3)16-9-13-4-5-14(10-16)22-13/h6-7,11-14,16,22H,4-5,8-10H2,1-3H3,(H,23,25). The maximum absolute atomic E-state index is 13.0. The Balaban J connectivity index is 1.71. The Hall–Kier alpha value is -1.59. The zero-order chi connectivity index (χ0) is 18.8. The number of rotatable bonds is 5. The van der Waals surface area contributed by atoms with Crippen LogP contribution in [0.4, 0.5) is 5.69 Å². The molecule has 0 aliphatic carbocycles. The molecule has 0 aromatic heterocycles. The number of hydrogen-bond donors (Lipinski definition) is 2. The molecule has 2 fully saturated rings. The van der Waals surface area contributed by atoms with Gasteiger partial charge in [0.25, 0.3) is 5.91 Å². The van der Waals surface area contributed by atoms with Crippen LogP contribution in [0.15, 0.2) is 18.2 Å². The first-order valence-electron chi connectivity index (χ1n) is 9.46. The van der Waals surface area contributed by atoms with E-state index in [1.165, 1.54) is 12.8 Å². The molecular formula is C20H28ClN3O2. The third-order valence-corrected chi connectivity index (χ3v) is 5.72. The third-order valence-electron chi connectivity index (χ3n) is 5.39. The largest absolute Gasteiger partial charge is 0.339 e. The van der Waals surface area contributed by atoms with Crippen molar-refractivity contribution in [3.05, 3.63) is 28.8 Å². The molecule has 3 rings (SSSR count). The van der Waals surface area contributed by atoms with Crippen LogP contribution in [0.2, 0.25) is 5.02 Å². The van der Waals surface area contributed by atoms with Crippen LogP contribution < -0.4 is 10.6 Å². The van der Waals surface area contributed by atoms with Crippen molar-refractivity contribution in [2.24, 2.45) is 5.92 Å². The van der Waals surface area contributed by atoms with Gasteiger partial charge in [0.05, 0.1) is 10.6 Å².